The number of para-hydroxylation sites is 1. The monoisotopic (exact) mass is 230 g/mol. The van der Waals surface area contributed by atoms with E-state index in [-0.39, 0.29) is 0 Å². The highest BCUT2D eigenvalue weighted by Crippen LogP contribution is 2.24. The number of fused-ring (bicyclic) bond motifs is 1. The Kier molecular flexibility index (Phi) is 3.94. The zero-order valence-corrected chi connectivity index (χ0v) is 10.4. The Labute approximate surface area is 102 Å². The van der Waals surface area contributed by atoms with Gasteiger partial charge in [0.15, 0.2) is 0 Å². The van der Waals surface area contributed by atoms with E-state index in [1.807, 2.05) is 12.3 Å². The fourth-order valence-electron chi connectivity index (χ4n) is 1.92. The minimum absolute atomic E-state index is 0.599. The SMILES string of the molecule is CCCNc1ccnc2c(COC)cccc12. The maximum atomic E-state index is 5.20. The van der Waals surface area contributed by atoms with Crippen molar-refractivity contribution < 1.29 is 4.74 Å². The standard InChI is InChI=1S/C14H18N2O/c1-3-8-15-13-7-9-16-14-11(10-17-2)5-4-6-12(13)14/h4-7,9H,3,8,10H2,1-2H3,(H,15,16). The number of aromatic nitrogens is 1. The van der Waals surface area contributed by atoms with E-state index in [1.165, 1.54) is 0 Å². The van der Waals surface area contributed by atoms with Crippen molar-refractivity contribution in [2.75, 3.05) is 19.0 Å². The number of benzene rings is 1. The lowest BCUT2D eigenvalue weighted by Gasteiger charge is -2.10. The second kappa shape index (κ2) is 5.64. The third kappa shape index (κ3) is 2.56. The Morgan fingerprint density at radius 1 is 1.29 bits per heavy atom. The molecule has 17 heavy (non-hydrogen) atoms. The van der Waals surface area contributed by atoms with E-state index >= 15 is 0 Å². The number of ether oxygens (including phenoxy) is 1. The quantitative estimate of drug-likeness (QED) is 0.856. The molecule has 0 amide bonds. The number of pyridine rings is 1. The number of nitrogens with one attached hydrogen (secondary N) is 1. The largest absolute Gasteiger partial charge is 0.384 e. The summed E-state index contributed by atoms with van der Waals surface area (Å²) in [5.41, 5.74) is 3.30. The molecule has 0 bridgehead atoms. The first-order valence-electron chi connectivity index (χ1n) is 5.96. The van der Waals surface area contributed by atoms with Crippen molar-refractivity contribution in [3.63, 3.8) is 0 Å². The average Bonchev–Trinajstić information content (AvgIpc) is 2.37. The molecule has 1 heterocycles. The first kappa shape index (κ1) is 11.9. The lowest BCUT2D eigenvalue weighted by atomic mass is 10.1. The van der Waals surface area contributed by atoms with Gasteiger partial charge in [0.05, 0.1) is 12.1 Å². The summed E-state index contributed by atoms with van der Waals surface area (Å²) < 4.78 is 5.20. The highest BCUT2D eigenvalue weighted by atomic mass is 16.5. The first-order chi connectivity index (χ1) is 8.36. The predicted octanol–water partition coefficient (Wildman–Crippen LogP) is 3.20. The van der Waals surface area contributed by atoms with E-state index in [4.69, 9.17) is 4.74 Å². The summed E-state index contributed by atoms with van der Waals surface area (Å²) in [7, 11) is 1.71. The molecular weight excluding hydrogens is 212 g/mol. The van der Waals surface area contributed by atoms with E-state index in [9.17, 15) is 0 Å². The molecule has 0 atom stereocenters. The second-order valence-corrected chi connectivity index (χ2v) is 4.03. The van der Waals surface area contributed by atoms with E-state index in [2.05, 4.69) is 35.4 Å². The minimum Gasteiger partial charge on any atom is -0.384 e. The molecule has 0 fully saturated rings. The molecule has 0 saturated carbocycles. The maximum Gasteiger partial charge on any atom is 0.0777 e. The maximum absolute atomic E-state index is 5.20. The molecule has 0 unspecified atom stereocenters. The lowest BCUT2D eigenvalue weighted by molar-refractivity contribution is 0.186. The lowest BCUT2D eigenvalue weighted by Crippen LogP contribution is -2.01. The van der Waals surface area contributed by atoms with Gasteiger partial charge in [-0.2, -0.15) is 0 Å². The van der Waals surface area contributed by atoms with Crippen LogP contribution in [0.1, 0.15) is 18.9 Å². The van der Waals surface area contributed by atoms with E-state index in [1.54, 1.807) is 7.11 Å². The van der Waals surface area contributed by atoms with Gasteiger partial charge in [-0.1, -0.05) is 25.1 Å². The van der Waals surface area contributed by atoms with Gasteiger partial charge in [0.2, 0.25) is 0 Å². The fourth-order valence-corrected chi connectivity index (χ4v) is 1.92. The van der Waals surface area contributed by atoms with Crippen LogP contribution in [0.2, 0.25) is 0 Å². The predicted molar refractivity (Wildman–Crippen MR) is 71.2 cm³/mol. The normalized spacial score (nSPS) is 10.7. The summed E-state index contributed by atoms with van der Waals surface area (Å²) in [6.45, 7) is 3.74. The smallest absolute Gasteiger partial charge is 0.0777 e. The molecule has 0 aliphatic heterocycles. The van der Waals surface area contributed by atoms with Gasteiger partial charge in [0.1, 0.15) is 0 Å². The summed E-state index contributed by atoms with van der Waals surface area (Å²) in [5, 5.41) is 4.59. The summed E-state index contributed by atoms with van der Waals surface area (Å²) >= 11 is 0. The van der Waals surface area contributed by atoms with Gasteiger partial charge >= 0.3 is 0 Å². The molecule has 0 radical (unpaired) electrons. The van der Waals surface area contributed by atoms with Crippen molar-refractivity contribution in [1.82, 2.24) is 4.98 Å². The molecule has 1 aromatic heterocycles. The van der Waals surface area contributed by atoms with E-state index in [0.29, 0.717) is 6.61 Å². The van der Waals surface area contributed by atoms with E-state index < -0.39 is 0 Å². The summed E-state index contributed by atoms with van der Waals surface area (Å²) in [5.74, 6) is 0. The van der Waals surface area contributed by atoms with Crippen LogP contribution in [0.5, 0.6) is 0 Å². The van der Waals surface area contributed by atoms with Crippen molar-refractivity contribution in [1.29, 1.82) is 0 Å². The number of nitrogens with zero attached hydrogens (tertiary/aromatic N) is 1. The highest BCUT2D eigenvalue weighted by Gasteiger charge is 2.05. The molecule has 3 nitrogen and oxygen atoms in total. The van der Waals surface area contributed by atoms with Gasteiger partial charge in [-0.05, 0) is 12.5 Å². The molecule has 0 saturated heterocycles. The van der Waals surface area contributed by atoms with Crippen molar-refractivity contribution >= 4 is 16.6 Å². The molecular formula is C14H18N2O. The number of hydrogen-bond acceptors (Lipinski definition) is 3. The van der Waals surface area contributed by atoms with Crippen molar-refractivity contribution in [3.8, 4) is 0 Å². The minimum atomic E-state index is 0.599. The van der Waals surface area contributed by atoms with Gasteiger partial charge in [-0.15, -0.1) is 0 Å². The van der Waals surface area contributed by atoms with Crippen LogP contribution in [0.25, 0.3) is 10.9 Å². The van der Waals surface area contributed by atoms with Crippen LogP contribution in [-0.2, 0) is 11.3 Å². The Balaban J connectivity index is 2.45. The van der Waals surface area contributed by atoms with Gasteiger partial charge < -0.3 is 10.1 Å². The third-order valence-corrected chi connectivity index (χ3v) is 2.72. The first-order valence-corrected chi connectivity index (χ1v) is 5.96. The molecule has 1 N–H and O–H groups in total. The Bertz CT molecular complexity index is 497. The van der Waals surface area contributed by atoms with Gasteiger partial charge in [0.25, 0.3) is 0 Å². The number of anilines is 1. The van der Waals surface area contributed by atoms with Crippen LogP contribution in [0.3, 0.4) is 0 Å². The van der Waals surface area contributed by atoms with Gasteiger partial charge in [0, 0.05) is 36.5 Å². The van der Waals surface area contributed by atoms with Crippen molar-refractivity contribution in [3.05, 3.63) is 36.0 Å². The van der Waals surface area contributed by atoms with Crippen LogP contribution in [0.4, 0.5) is 5.69 Å². The number of hydrogen-bond donors (Lipinski definition) is 1. The summed E-state index contributed by atoms with van der Waals surface area (Å²) in [6, 6.07) is 8.23. The Morgan fingerprint density at radius 2 is 2.18 bits per heavy atom. The van der Waals surface area contributed by atoms with E-state index in [0.717, 1.165) is 35.1 Å². The average molecular weight is 230 g/mol. The molecule has 3 heteroatoms. The Morgan fingerprint density at radius 3 is 2.94 bits per heavy atom. The zero-order valence-electron chi connectivity index (χ0n) is 10.4. The molecule has 2 aromatic rings. The van der Waals surface area contributed by atoms with Gasteiger partial charge in [-0.3, -0.25) is 4.98 Å². The molecule has 0 aliphatic carbocycles. The third-order valence-electron chi connectivity index (χ3n) is 2.72. The highest BCUT2D eigenvalue weighted by molar-refractivity contribution is 5.92. The van der Waals surface area contributed by atoms with Crippen molar-refractivity contribution in [2.45, 2.75) is 20.0 Å². The molecule has 90 valence electrons. The molecule has 0 spiro atoms. The fraction of sp³-hybridized carbons (Fsp3) is 0.357. The van der Waals surface area contributed by atoms with Crippen LogP contribution >= 0.6 is 0 Å². The number of rotatable bonds is 5. The number of methoxy groups -OCH3 is 1. The zero-order chi connectivity index (χ0) is 12.1. The topological polar surface area (TPSA) is 34.2 Å². The van der Waals surface area contributed by atoms with Crippen LogP contribution in [-0.4, -0.2) is 18.6 Å². The second-order valence-electron chi connectivity index (χ2n) is 4.03. The van der Waals surface area contributed by atoms with Crippen molar-refractivity contribution in [2.24, 2.45) is 0 Å². The van der Waals surface area contributed by atoms with Gasteiger partial charge in [-0.25, -0.2) is 0 Å². The summed E-state index contributed by atoms with van der Waals surface area (Å²) in [4.78, 5) is 4.45. The molecule has 1 aromatic carbocycles. The molecule has 2 rings (SSSR count). The van der Waals surface area contributed by atoms with Crippen LogP contribution in [0, 0.1) is 0 Å². The molecule has 0 aliphatic rings. The summed E-state index contributed by atoms with van der Waals surface area (Å²) in [6.07, 6.45) is 2.96. The Hall–Kier alpha value is -1.61. The van der Waals surface area contributed by atoms with Crippen LogP contribution in [0.15, 0.2) is 30.5 Å². The van der Waals surface area contributed by atoms with Crippen LogP contribution < -0.4 is 5.32 Å².